The zero-order valence-corrected chi connectivity index (χ0v) is 20.2. The summed E-state index contributed by atoms with van der Waals surface area (Å²) in [6.45, 7) is 8.76. The molecule has 9 heteroatoms. The van der Waals surface area contributed by atoms with E-state index in [1.54, 1.807) is 7.11 Å². The van der Waals surface area contributed by atoms with Crippen LogP contribution >= 0.6 is 11.3 Å². The maximum atomic E-state index is 13.3. The molecular formula is C23H35N6O2S+. The molecule has 0 aromatic carbocycles. The first-order valence-electron chi connectivity index (χ1n) is 11.4. The molecule has 0 aliphatic carbocycles. The Balaban J connectivity index is 1.53. The van der Waals surface area contributed by atoms with Gasteiger partial charge in [-0.15, -0.1) is 11.3 Å². The zero-order valence-electron chi connectivity index (χ0n) is 19.4. The predicted octanol–water partition coefficient (Wildman–Crippen LogP) is 2.14. The fourth-order valence-electron chi connectivity index (χ4n) is 4.73. The van der Waals surface area contributed by atoms with Crippen LogP contribution in [0.15, 0.2) is 22.5 Å². The minimum absolute atomic E-state index is 0.0165. The van der Waals surface area contributed by atoms with Gasteiger partial charge < -0.3 is 31.7 Å². The summed E-state index contributed by atoms with van der Waals surface area (Å²) in [7, 11) is 1.74. The number of nitrogens with one attached hydrogen (secondary N) is 2. The van der Waals surface area contributed by atoms with Crippen LogP contribution in [0.1, 0.15) is 48.8 Å². The van der Waals surface area contributed by atoms with E-state index >= 15 is 0 Å². The molecule has 3 aliphatic heterocycles. The number of nitrogen functional groups attached to an aromatic ring is 1. The van der Waals surface area contributed by atoms with E-state index in [1.165, 1.54) is 11.3 Å². The van der Waals surface area contributed by atoms with Gasteiger partial charge in [0.25, 0.3) is 5.91 Å². The predicted molar refractivity (Wildman–Crippen MR) is 130 cm³/mol. The number of rotatable bonds is 6. The monoisotopic (exact) mass is 459 g/mol. The fourth-order valence-corrected chi connectivity index (χ4v) is 5.83. The Morgan fingerprint density at radius 2 is 2.22 bits per heavy atom. The number of ether oxygens (including phenoxy) is 1. The number of hydrogen-bond acceptors (Lipinski definition) is 7. The van der Waals surface area contributed by atoms with E-state index in [0.29, 0.717) is 29.1 Å². The summed E-state index contributed by atoms with van der Waals surface area (Å²) in [5.41, 5.74) is 13.9. The van der Waals surface area contributed by atoms with Crippen LogP contribution in [-0.2, 0) is 4.74 Å². The van der Waals surface area contributed by atoms with Crippen LogP contribution in [-0.4, -0.2) is 55.5 Å². The number of amides is 1. The van der Waals surface area contributed by atoms with Gasteiger partial charge in [0.1, 0.15) is 16.8 Å². The quantitative estimate of drug-likeness (QED) is 0.520. The number of fused-ring (bicyclic) bond motifs is 1. The maximum absolute atomic E-state index is 13.3. The highest BCUT2D eigenvalue weighted by Crippen LogP contribution is 2.40. The molecule has 7 N–H and O–H groups in total. The molecule has 0 spiro atoms. The Labute approximate surface area is 193 Å². The number of nitrogens with two attached hydrogens (primary N) is 1. The first-order chi connectivity index (χ1) is 15.3. The van der Waals surface area contributed by atoms with E-state index in [-0.39, 0.29) is 17.9 Å². The number of anilines is 2. The van der Waals surface area contributed by atoms with E-state index < -0.39 is 0 Å². The molecule has 4 heterocycles. The highest BCUT2D eigenvalue weighted by Gasteiger charge is 2.39. The molecule has 1 aromatic heterocycles. The smallest absolute Gasteiger partial charge is 0.267 e. The topological polar surface area (TPSA) is 120 Å². The lowest BCUT2D eigenvalue weighted by Gasteiger charge is -2.22. The number of nitrogens with zero attached hydrogens (tertiary/aromatic N) is 2. The van der Waals surface area contributed by atoms with Crippen molar-refractivity contribution < 1.29 is 15.3 Å². The molecule has 4 atom stereocenters. The van der Waals surface area contributed by atoms with Crippen LogP contribution in [0.3, 0.4) is 0 Å². The first kappa shape index (κ1) is 22.8. The minimum atomic E-state index is -0.162. The molecule has 4 unspecified atom stereocenters. The van der Waals surface area contributed by atoms with Gasteiger partial charge in [0, 0.05) is 25.3 Å². The van der Waals surface area contributed by atoms with E-state index in [4.69, 9.17) is 15.5 Å². The van der Waals surface area contributed by atoms with Gasteiger partial charge in [0.2, 0.25) is 0 Å². The summed E-state index contributed by atoms with van der Waals surface area (Å²) in [6.07, 6.45) is 5.84. The molecule has 0 saturated carbocycles. The summed E-state index contributed by atoms with van der Waals surface area (Å²) in [5, 5.41) is 7.51. The van der Waals surface area contributed by atoms with Crippen LogP contribution in [0.5, 0.6) is 0 Å². The van der Waals surface area contributed by atoms with Crippen molar-refractivity contribution >= 4 is 39.8 Å². The minimum Gasteiger partial charge on any atom is -0.397 e. The fraction of sp³-hybridized carbons (Fsp3) is 0.565. The van der Waals surface area contributed by atoms with Gasteiger partial charge in [-0.3, -0.25) is 4.79 Å². The van der Waals surface area contributed by atoms with Crippen molar-refractivity contribution in [2.75, 3.05) is 37.9 Å². The van der Waals surface area contributed by atoms with Crippen molar-refractivity contribution in [3.05, 3.63) is 27.9 Å². The lowest BCUT2D eigenvalue weighted by atomic mass is 10.0. The SMILES string of the molecule is CCCC1=C(NC(=O)c2sc3c(c2N)C=CC(C)N3)C(C)C(N2CC([NH3+])C(COC)C2)=N1. The number of allylic oxidation sites excluding steroid dienone is 1. The van der Waals surface area contributed by atoms with E-state index in [2.05, 4.69) is 48.1 Å². The molecule has 0 bridgehead atoms. The second-order valence-electron chi connectivity index (χ2n) is 9.02. The molecule has 32 heavy (non-hydrogen) atoms. The third-order valence-electron chi connectivity index (χ3n) is 6.50. The average molecular weight is 460 g/mol. The summed E-state index contributed by atoms with van der Waals surface area (Å²) in [4.78, 5) is 21.1. The van der Waals surface area contributed by atoms with Crippen molar-refractivity contribution in [2.24, 2.45) is 16.8 Å². The van der Waals surface area contributed by atoms with Gasteiger partial charge in [-0.25, -0.2) is 4.99 Å². The average Bonchev–Trinajstić information content (AvgIpc) is 3.38. The number of methoxy groups -OCH3 is 1. The maximum Gasteiger partial charge on any atom is 0.267 e. The van der Waals surface area contributed by atoms with Gasteiger partial charge in [0.15, 0.2) is 0 Å². The number of carbonyl (C=O) groups is 1. The van der Waals surface area contributed by atoms with Crippen LogP contribution in [0.25, 0.3) is 6.08 Å². The Kier molecular flexibility index (Phi) is 6.60. The second kappa shape index (κ2) is 9.25. The Hall–Kier alpha value is -2.36. The first-order valence-corrected chi connectivity index (χ1v) is 12.2. The Bertz CT molecular complexity index is 981. The number of quaternary nitrogens is 1. The van der Waals surface area contributed by atoms with E-state index in [0.717, 1.165) is 53.7 Å². The number of likely N-dealkylation sites (tertiary alicyclic amines) is 1. The largest absolute Gasteiger partial charge is 0.397 e. The van der Waals surface area contributed by atoms with Gasteiger partial charge in [0.05, 0.1) is 47.1 Å². The van der Waals surface area contributed by atoms with Crippen molar-refractivity contribution in [3.63, 3.8) is 0 Å². The van der Waals surface area contributed by atoms with Crippen molar-refractivity contribution in [3.8, 4) is 0 Å². The number of carbonyl (C=O) groups excluding carboxylic acids is 1. The third-order valence-corrected chi connectivity index (χ3v) is 7.65. The molecule has 1 saturated heterocycles. The van der Waals surface area contributed by atoms with Gasteiger partial charge in [-0.2, -0.15) is 0 Å². The normalized spacial score (nSPS) is 26.9. The Morgan fingerprint density at radius 3 is 2.94 bits per heavy atom. The third kappa shape index (κ3) is 4.16. The molecule has 4 rings (SSSR count). The van der Waals surface area contributed by atoms with Crippen molar-refractivity contribution in [1.29, 1.82) is 0 Å². The zero-order chi connectivity index (χ0) is 23.0. The van der Waals surface area contributed by atoms with Crippen LogP contribution in [0.4, 0.5) is 10.7 Å². The van der Waals surface area contributed by atoms with Crippen LogP contribution in [0, 0.1) is 11.8 Å². The molecular weight excluding hydrogens is 424 g/mol. The van der Waals surface area contributed by atoms with E-state index in [1.807, 2.05) is 6.08 Å². The van der Waals surface area contributed by atoms with Crippen LogP contribution in [0.2, 0.25) is 0 Å². The molecule has 1 amide bonds. The molecule has 8 nitrogen and oxygen atoms in total. The second-order valence-corrected chi connectivity index (χ2v) is 10.0. The highest BCUT2D eigenvalue weighted by molar-refractivity contribution is 7.19. The summed E-state index contributed by atoms with van der Waals surface area (Å²) in [6, 6.07) is 0.527. The molecule has 0 radical (unpaired) electrons. The van der Waals surface area contributed by atoms with Gasteiger partial charge >= 0.3 is 0 Å². The van der Waals surface area contributed by atoms with Crippen molar-refractivity contribution in [2.45, 2.75) is 45.7 Å². The lowest BCUT2D eigenvalue weighted by molar-refractivity contribution is -0.425. The molecule has 1 aromatic rings. The van der Waals surface area contributed by atoms with Crippen LogP contribution < -0.4 is 22.1 Å². The van der Waals surface area contributed by atoms with Gasteiger partial charge in [-0.05, 0) is 20.3 Å². The summed E-state index contributed by atoms with van der Waals surface area (Å²) >= 11 is 1.41. The highest BCUT2D eigenvalue weighted by atomic mass is 32.1. The molecule has 1 fully saturated rings. The number of aliphatic imine (C=N–C) groups is 1. The standard InChI is InChI=1S/C23H34N6O2S/c1-5-6-17-19(13(3)21(27-17)29-9-14(11-31-4)16(24)10-29)28-22(30)20-18(25)15-8-7-12(2)26-23(15)32-20/h7-8,12-14,16,26H,5-6,9-11,24-25H2,1-4H3,(H,28,30)/p+1. The van der Waals surface area contributed by atoms with E-state index in [9.17, 15) is 4.79 Å². The van der Waals surface area contributed by atoms with Crippen molar-refractivity contribution in [1.82, 2.24) is 10.2 Å². The van der Waals surface area contributed by atoms with Gasteiger partial charge in [-0.1, -0.05) is 25.5 Å². The lowest BCUT2D eigenvalue weighted by Crippen LogP contribution is -2.65. The molecule has 174 valence electrons. The molecule has 3 aliphatic rings. The Morgan fingerprint density at radius 1 is 1.44 bits per heavy atom. The summed E-state index contributed by atoms with van der Waals surface area (Å²) in [5.74, 6) is 1.27. The summed E-state index contributed by atoms with van der Waals surface area (Å²) < 4.78 is 5.37. The number of amidine groups is 1. The number of thiophene rings is 1. The number of hydrogen-bond donors (Lipinski definition) is 4.